The summed E-state index contributed by atoms with van der Waals surface area (Å²) in [6.45, 7) is -0.311. The van der Waals surface area contributed by atoms with E-state index in [1.807, 2.05) is 0 Å². The van der Waals surface area contributed by atoms with Crippen LogP contribution in [0.1, 0.15) is 12.8 Å². The zero-order chi connectivity index (χ0) is 15.4. The lowest BCUT2D eigenvalue weighted by molar-refractivity contribution is -0.384. The fraction of sp³-hybridized carbons (Fsp3) is 0.500. The van der Waals surface area contributed by atoms with Crippen LogP contribution in [0.2, 0.25) is 0 Å². The largest absolute Gasteiger partial charge is 0.465 e. The SMILES string of the molecule is O=C(O)N(CF)C1CCCN(c2ccncc2[N+](=O)[O-])C1. The standard InChI is InChI=1S/C12H15FN4O4/c13-8-16(12(18)19)9-2-1-5-15(7-9)10-3-4-14-6-11(10)17(20)21/h3-4,6,9H,1-2,5,7-8H2,(H,18,19). The van der Waals surface area contributed by atoms with E-state index in [0.29, 0.717) is 25.1 Å². The molecule has 21 heavy (non-hydrogen) atoms. The fourth-order valence-corrected chi connectivity index (χ4v) is 2.52. The van der Waals surface area contributed by atoms with Gasteiger partial charge in [0.15, 0.2) is 6.80 Å². The molecular formula is C12H15FN4O4. The summed E-state index contributed by atoms with van der Waals surface area (Å²) < 4.78 is 12.8. The molecule has 2 rings (SSSR count). The number of hydrogen-bond acceptors (Lipinski definition) is 5. The first-order valence-electron chi connectivity index (χ1n) is 6.43. The van der Waals surface area contributed by atoms with Crippen molar-refractivity contribution in [3.8, 4) is 0 Å². The van der Waals surface area contributed by atoms with E-state index in [-0.39, 0.29) is 12.2 Å². The average Bonchev–Trinajstić information content (AvgIpc) is 2.48. The van der Waals surface area contributed by atoms with Gasteiger partial charge in [-0.3, -0.25) is 20.0 Å². The molecule has 1 N–H and O–H groups in total. The number of nitro groups is 1. The number of carboxylic acid groups (broad SMARTS) is 1. The number of pyridine rings is 1. The number of carbonyl (C=O) groups is 1. The number of alkyl halides is 1. The number of piperidine rings is 1. The maximum absolute atomic E-state index is 12.8. The lowest BCUT2D eigenvalue weighted by Crippen LogP contribution is -2.49. The second kappa shape index (κ2) is 6.33. The van der Waals surface area contributed by atoms with Crippen molar-refractivity contribution in [1.82, 2.24) is 9.88 Å². The van der Waals surface area contributed by atoms with Gasteiger partial charge in [-0.05, 0) is 18.9 Å². The van der Waals surface area contributed by atoms with Crippen molar-refractivity contribution in [1.29, 1.82) is 0 Å². The average molecular weight is 298 g/mol. The molecule has 0 radical (unpaired) electrons. The highest BCUT2D eigenvalue weighted by atomic mass is 19.1. The Hall–Kier alpha value is -2.45. The number of hydrogen-bond donors (Lipinski definition) is 1. The van der Waals surface area contributed by atoms with Gasteiger partial charge in [-0.2, -0.15) is 0 Å². The first-order chi connectivity index (χ1) is 10.0. The molecule has 1 saturated heterocycles. The van der Waals surface area contributed by atoms with Crippen molar-refractivity contribution in [3.63, 3.8) is 0 Å². The third kappa shape index (κ3) is 3.18. The number of nitrogens with zero attached hydrogens (tertiary/aromatic N) is 4. The van der Waals surface area contributed by atoms with E-state index in [2.05, 4.69) is 4.98 Å². The molecule has 1 aliphatic heterocycles. The second-order valence-electron chi connectivity index (χ2n) is 4.74. The van der Waals surface area contributed by atoms with Crippen molar-refractivity contribution in [2.45, 2.75) is 18.9 Å². The lowest BCUT2D eigenvalue weighted by Gasteiger charge is -2.37. The van der Waals surface area contributed by atoms with Crippen molar-refractivity contribution in [2.24, 2.45) is 0 Å². The highest BCUT2D eigenvalue weighted by molar-refractivity contribution is 5.66. The summed E-state index contributed by atoms with van der Waals surface area (Å²) in [6, 6.07) is 0.996. The van der Waals surface area contributed by atoms with Gasteiger partial charge in [-0.25, -0.2) is 9.18 Å². The number of rotatable bonds is 4. The zero-order valence-electron chi connectivity index (χ0n) is 11.2. The lowest BCUT2D eigenvalue weighted by atomic mass is 10.0. The molecule has 1 aliphatic rings. The molecule has 1 aromatic heterocycles. The van der Waals surface area contributed by atoms with Gasteiger partial charge in [0.05, 0.1) is 11.0 Å². The van der Waals surface area contributed by atoms with Gasteiger partial charge in [-0.15, -0.1) is 0 Å². The summed E-state index contributed by atoms with van der Waals surface area (Å²) in [6.07, 6.45) is 2.44. The number of halogens is 1. The van der Waals surface area contributed by atoms with Gasteiger partial charge in [0.2, 0.25) is 0 Å². The van der Waals surface area contributed by atoms with Gasteiger partial charge < -0.3 is 10.0 Å². The predicted molar refractivity (Wildman–Crippen MR) is 72.0 cm³/mol. The van der Waals surface area contributed by atoms with E-state index in [9.17, 15) is 19.3 Å². The molecule has 1 atom stereocenters. The van der Waals surface area contributed by atoms with Crippen molar-refractivity contribution >= 4 is 17.5 Å². The Kier molecular flexibility index (Phi) is 4.51. The van der Waals surface area contributed by atoms with Crippen molar-refractivity contribution in [3.05, 3.63) is 28.6 Å². The second-order valence-corrected chi connectivity index (χ2v) is 4.74. The Morgan fingerprint density at radius 2 is 2.43 bits per heavy atom. The summed E-state index contributed by atoms with van der Waals surface area (Å²) >= 11 is 0. The third-order valence-electron chi connectivity index (χ3n) is 3.53. The highest BCUT2D eigenvalue weighted by Gasteiger charge is 2.31. The van der Waals surface area contributed by atoms with Crippen molar-refractivity contribution < 1.29 is 19.2 Å². The fourth-order valence-electron chi connectivity index (χ4n) is 2.52. The Morgan fingerprint density at radius 1 is 1.67 bits per heavy atom. The van der Waals surface area contributed by atoms with Crippen LogP contribution in [0.5, 0.6) is 0 Å². The summed E-state index contributed by atoms with van der Waals surface area (Å²) in [7, 11) is 0. The van der Waals surface area contributed by atoms with E-state index in [1.54, 1.807) is 4.90 Å². The van der Waals surface area contributed by atoms with Gasteiger partial charge in [0.25, 0.3) is 0 Å². The van der Waals surface area contributed by atoms with E-state index in [0.717, 1.165) is 11.1 Å². The number of amides is 1. The van der Waals surface area contributed by atoms with Crippen LogP contribution in [0.3, 0.4) is 0 Å². The molecule has 1 unspecified atom stereocenters. The molecule has 1 amide bonds. The topological polar surface area (TPSA) is 99.8 Å². The van der Waals surface area contributed by atoms with E-state index in [1.165, 1.54) is 12.3 Å². The smallest absolute Gasteiger partial charge is 0.409 e. The minimum Gasteiger partial charge on any atom is -0.465 e. The number of aromatic nitrogens is 1. The Bertz CT molecular complexity index is 542. The number of anilines is 1. The molecule has 8 nitrogen and oxygen atoms in total. The van der Waals surface area contributed by atoms with Crippen LogP contribution in [0, 0.1) is 10.1 Å². The molecular weight excluding hydrogens is 283 g/mol. The molecule has 1 fully saturated rings. The third-order valence-corrected chi connectivity index (χ3v) is 3.53. The first kappa shape index (κ1) is 14.9. The summed E-state index contributed by atoms with van der Waals surface area (Å²) in [4.78, 5) is 27.6. The first-order valence-corrected chi connectivity index (χ1v) is 6.43. The van der Waals surface area contributed by atoms with Crippen LogP contribution >= 0.6 is 0 Å². The van der Waals surface area contributed by atoms with Crippen LogP contribution in [0.15, 0.2) is 18.5 Å². The van der Waals surface area contributed by atoms with Crippen LogP contribution in [0.4, 0.5) is 20.6 Å². The molecule has 114 valence electrons. The molecule has 0 spiro atoms. The van der Waals surface area contributed by atoms with E-state index < -0.39 is 23.9 Å². The normalized spacial score (nSPS) is 18.3. The molecule has 9 heteroatoms. The maximum atomic E-state index is 12.8. The molecule has 0 aromatic carbocycles. The van der Waals surface area contributed by atoms with Gasteiger partial charge in [0, 0.05) is 19.3 Å². The Morgan fingerprint density at radius 3 is 3.05 bits per heavy atom. The molecule has 2 heterocycles. The quantitative estimate of drug-likeness (QED) is 0.517. The summed E-state index contributed by atoms with van der Waals surface area (Å²) in [5, 5.41) is 20.0. The van der Waals surface area contributed by atoms with Crippen LogP contribution < -0.4 is 4.90 Å². The van der Waals surface area contributed by atoms with Gasteiger partial charge in [-0.1, -0.05) is 0 Å². The van der Waals surface area contributed by atoms with E-state index in [4.69, 9.17) is 5.11 Å². The molecule has 0 saturated carbocycles. The molecule has 1 aromatic rings. The highest BCUT2D eigenvalue weighted by Crippen LogP contribution is 2.30. The van der Waals surface area contributed by atoms with Crippen LogP contribution in [-0.2, 0) is 0 Å². The molecule has 0 aliphatic carbocycles. The van der Waals surface area contributed by atoms with Crippen molar-refractivity contribution in [2.75, 3.05) is 24.8 Å². The van der Waals surface area contributed by atoms with Crippen LogP contribution in [-0.4, -0.2) is 51.9 Å². The van der Waals surface area contributed by atoms with Gasteiger partial charge in [0.1, 0.15) is 11.9 Å². The summed E-state index contributed by atoms with van der Waals surface area (Å²) in [5.74, 6) is 0. The minimum absolute atomic E-state index is 0.139. The Labute approximate surface area is 119 Å². The van der Waals surface area contributed by atoms with E-state index >= 15 is 0 Å². The molecule has 0 bridgehead atoms. The van der Waals surface area contributed by atoms with Gasteiger partial charge >= 0.3 is 11.8 Å². The van der Waals surface area contributed by atoms with Crippen LogP contribution in [0.25, 0.3) is 0 Å². The summed E-state index contributed by atoms with van der Waals surface area (Å²) in [5.41, 5.74) is 0.240. The zero-order valence-corrected chi connectivity index (χ0v) is 11.2. The maximum Gasteiger partial charge on any atom is 0.409 e. The Balaban J connectivity index is 2.22. The minimum atomic E-state index is -1.33. The monoisotopic (exact) mass is 298 g/mol. The predicted octanol–water partition coefficient (Wildman–Crippen LogP) is 1.87.